The van der Waals surface area contributed by atoms with E-state index in [9.17, 15) is 0 Å². The van der Waals surface area contributed by atoms with Gasteiger partial charge in [-0.2, -0.15) is 0 Å². The summed E-state index contributed by atoms with van der Waals surface area (Å²) in [6.07, 6.45) is 2.54. The summed E-state index contributed by atoms with van der Waals surface area (Å²) >= 11 is 0. The highest BCUT2D eigenvalue weighted by molar-refractivity contribution is 5.65. The van der Waals surface area contributed by atoms with Crippen molar-refractivity contribution < 1.29 is 28.1 Å². The van der Waals surface area contributed by atoms with E-state index in [1.807, 2.05) is 30.3 Å². The van der Waals surface area contributed by atoms with Gasteiger partial charge in [-0.25, -0.2) is 4.98 Å². The lowest BCUT2D eigenvalue weighted by Crippen LogP contribution is -2.20. The molecule has 0 bridgehead atoms. The second-order valence-corrected chi connectivity index (χ2v) is 7.24. The van der Waals surface area contributed by atoms with Crippen molar-refractivity contribution >= 4 is 0 Å². The van der Waals surface area contributed by atoms with Crippen molar-refractivity contribution in [1.29, 1.82) is 0 Å². The third-order valence-electron chi connectivity index (χ3n) is 5.13. The van der Waals surface area contributed by atoms with Gasteiger partial charge < -0.3 is 33.0 Å². The van der Waals surface area contributed by atoms with Crippen molar-refractivity contribution in [3.05, 3.63) is 47.9 Å². The Balaban J connectivity index is 1.66. The van der Waals surface area contributed by atoms with E-state index in [4.69, 9.17) is 28.1 Å². The minimum atomic E-state index is 0.493. The monoisotopic (exact) mass is 442 g/mol. The van der Waals surface area contributed by atoms with Crippen molar-refractivity contribution in [1.82, 2.24) is 9.88 Å². The van der Waals surface area contributed by atoms with Gasteiger partial charge >= 0.3 is 0 Å². The molecule has 0 unspecified atom stereocenters. The molecule has 0 aliphatic heterocycles. The number of nitrogens with zero attached hydrogens (tertiary/aromatic N) is 2. The smallest absolute Gasteiger partial charge is 0.226 e. The fourth-order valence-electron chi connectivity index (χ4n) is 3.43. The summed E-state index contributed by atoms with van der Waals surface area (Å²) in [6.45, 7) is 1.50. The third-order valence-corrected chi connectivity index (χ3v) is 5.13. The molecule has 0 saturated heterocycles. The van der Waals surface area contributed by atoms with Crippen LogP contribution in [-0.2, 0) is 13.0 Å². The first-order valence-corrected chi connectivity index (χ1v) is 10.2. The molecule has 0 atom stereocenters. The van der Waals surface area contributed by atoms with Gasteiger partial charge in [0, 0.05) is 18.7 Å². The van der Waals surface area contributed by atoms with Crippen molar-refractivity contribution in [2.75, 3.05) is 49.1 Å². The Bertz CT molecular complexity index is 1010. The Morgan fingerprint density at radius 1 is 0.812 bits per heavy atom. The van der Waals surface area contributed by atoms with Crippen LogP contribution in [-0.4, -0.2) is 59.0 Å². The second kappa shape index (κ2) is 10.8. The van der Waals surface area contributed by atoms with Crippen LogP contribution in [0, 0.1) is 0 Å². The first-order chi connectivity index (χ1) is 15.5. The molecule has 3 rings (SSSR count). The van der Waals surface area contributed by atoms with Crippen molar-refractivity contribution in [2.24, 2.45) is 0 Å². The molecule has 32 heavy (non-hydrogen) atoms. The highest BCUT2D eigenvalue weighted by atomic mass is 16.5. The third kappa shape index (κ3) is 5.26. The lowest BCUT2D eigenvalue weighted by Gasteiger charge is -2.15. The molecule has 0 spiro atoms. The molecule has 2 aromatic carbocycles. The van der Waals surface area contributed by atoms with E-state index in [0.717, 1.165) is 35.7 Å². The largest absolute Gasteiger partial charge is 0.493 e. The molecular weight excluding hydrogens is 412 g/mol. The molecule has 0 aliphatic rings. The fraction of sp³-hybridized carbons (Fsp3) is 0.375. The fourth-order valence-corrected chi connectivity index (χ4v) is 3.43. The van der Waals surface area contributed by atoms with Crippen LogP contribution in [0.2, 0.25) is 0 Å². The molecule has 0 saturated carbocycles. The van der Waals surface area contributed by atoms with Gasteiger partial charge in [-0.15, -0.1) is 0 Å². The molecule has 0 aliphatic carbocycles. The standard InChI is InChI=1S/C24H30N2O6/c1-26(10-9-16-7-8-19(27-2)20(11-16)28-3)14-18-15-32-24(25-18)17-12-21(29-4)23(31-6)22(13-17)30-5/h7-8,11-13,15H,9-10,14H2,1-6H3. The van der Waals surface area contributed by atoms with Gasteiger partial charge in [-0.05, 0) is 43.3 Å². The minimum absolute atomic E-state index is 0.493. The van der Waals surface area contributed by atoms with Crippen molar-refractivity contribution in [2.45, 2.75) is 13.0 Å². The van der Waals surface area contributed by atoms with Gasteiger partial charge in [-0.3, -0.25) is 0 Å². The highest BCUT2D eigenvalue weighted by Crippen LogP contribution is 2.41. The van der Waals surface area contributed by atoms with Crippen LogP contribution in [0.4, 0.5) is 0 Å². The summed E-state index contributed by atoms with van der Waals surface area (Å²) in [5, 5.41) is 0. The predicted molar refractivity (Wildman–Crippen MR) is 121 cm³/mol. The molecule has 0 radical (unpaired) electrons. The van der Waals surface area contributed by atoms with Crippen LogP contribution in [0.1, 0.15) is 11.3 Å². The molecule has 0 N–H and O–H groups in total. The van der Waals surface area contributed by atoms with E-state index in [-0.39, 0.29) is 0 Å². The maximum atomic E-state index is 5.72. The van der Waals surface area contributed by atoms with Gasteiger partial charge in [0.1, 0.15) is 6.26 Å². The maximum absolute atomic E-state index is 5.72. The van der Waals surface area contributed by atoms with Gasteiger partial charge in [0.05, 0.1) is 41.2 Å². The zero-order valence-electron chi connectivity index (χ0n) is 19.4. The lowest BCUT2D eigenvalue weighted by molar-refractivity contribution is 0.324. The van der Waals surface area contributed by atoms with Crippen LogP contribution >= 0.6 is 0 Å². The number of oxazole rings is 1. The number of benzene rings is 2. The number of ether oxygens (including phenoxy) is 5. The van der Waals surface area contributed by atoms with E-state index in [1.165, 1.54) is 5.56 Å². The van der Waals surface area contributed by atoms with E-state index in [1.54, 1.807) is 41.8 Å². The number of hydrogen-bond acceptors (Lipinski definition) is 8. The molecule has 0 amide bonds. The Morgan fingerprint density at radius 3 is 2.06 bits per heavy atom. The Hall–Kier alpha value is -3.39. The Morgan fingerprint density at radius 2 is 1.47 bits per heavy atom. The quantitative estimate of drug-likeness (QED) is 0.440. The van der Waals surface area contributed by atoms with Crippen LogP contribution in [0.25, 0.3) is 11.5 Å². The summed E-state index contributed by atoms with van der Waals surface area (Å²) in [6, 6.07) is 9.62. The number of rotatable bonds is 11. The summed E-state index contributed by atoms with van der Waals surface area (Å²) in [4.78, 5) is 6.82. The molecule has 1 aromatic heterocycles. The molecule has 8 nitrogen and oxygen atoms in total. The highest BCUT2D eigenvalue weighted by Gasteiger charge is 2.17. The van der Waals surface area contributed by atoms with Gasteiger partial charge in [0.15, 0.2) is 23.0 Å². The van der Waals surface area contributed by atoms with Gasteiger partial charge in [0.25, 0.3) is 0 Å². The zero-order valence-corrected chi connectivity index (χ0v) is 19.4. The van der Waals surface area contributed by atoms with Crippen LogP contribution in [0.3, 0.4) is 0 Å². The van der Waals surface area contributed by atoms with Gasteiger partial charge in [-0.1, -0.05) is 6.07 Å². The number of aromatic nitrogens is 1. The van der Waals surface area contributed by atoms with Crippen LogP contribution in [0.5, 0.6) is 28.7 Å². The molecule has 8 heteroatoms. The Kier molecular flexibility index (Phi) is 7.83. The summed E-state index contributed by atoms with van der Waals surface area (Å²) in [7, 11) is 10.1. The summed E-state index contributed by atoms with van der Waals surface area (Å²) < 4.78 is 32.6. The van der Waals surface area contributed by atoms with E-state index in [2.05, 4.69) is 16.9 Å². The molecule has 0 fully saturated rings. The first kappa shape index (κ1) is 23.3. The average Bonchev–Trinajstić information content (AvgIpc) is 3.29. The van der Waals surface area contributed by atoms with Crippen LogP contribution < -0.4 is 23.7 Å². The molecule has 1 heterocycles. The predicted octanol–water partition coefficient (Wildman–Crippen LogP) is 4.06. The second-order valence-electron chi connectivity index (χ2n) is 7.24. The lowest BCUT2D eigenvalue weighted by atomic mass is 10.1. The SMILES string of the molecule is COc1ccc(CCN(C)Cc2coc(-c3cc(OC)c(OC)c(OC)c3)n2)cc1OC. The molecule has 172 valence electrons. The van der Waals surface area contributed by atoms with Crippen molar-refractivity contribution in [3.8, 4) is 40.2 Å². The van der Waals surface area contributed by atoms with E-state index < -0.39 is 0 Å². The maximum Gasteiger partial charge on any atom is 0.226 e. The van der Waals surface area contributed by atoms with Crippen LogP contribution in [0.15, 0.2) is 41.0 Å². The number of methoxy groups -OCH3 is 5. The minimum Gasteiger partial charge on any atom is -0.493 e. The zero-order chi connectivity index (χ0) is 23.1. The van der Waals surface area contributed by atoms with E-state index in [0.29, 0.717) is 29.7 Å². The van der Waals surface area contributed by atoms with Crippen molar-refractivity contribution in [3.63, 3.8) is 0 Å². The number of likely N-dealkylation sites (N-methyl/N-ethyl adjacent to an activating group) is 1. The van der Waals surface area contributed by atoms with E-state index >= 15 is 0 Å². The van der Waals surface area contributed by atoms with Gasteiger partial charge in [0.2, 0.25) is 11.6 Å². The molecule has 3 aromatic rings. The normalized spacial score (nSPS) is 10.8. The Labute approximate surface area is 188 Å². The number of hydrogen-bond donors (Lipinski definition) is 0. The first-order valence-electron chi connectivity index (χ1n) is 10.2. The summed E-state index contributed by atoms with van der Waals surface area (Å²) in [5.74, 6) is 3.58. The molecular formula is C24H30N2O6. The average molecular weight is 443 g/mol. The topological polar surface area (TPSA) is 75.4 Å². The summed E-state index contributed by atoms with van der Waals surface area (Å²) in [5.41, 5.74) is 2.76.